The second-order valence-corrected chi connectivity index (χ2v) is 7.62. The molecule has 1 aromatic rings. The Morgan fingerprint density at radius 1 is 1.13 bits per heavy atom. The third-order valence-electron chi connectivity index (χ3n) is 4.73. The van der Waals surface area contributed by atoms with Gasteiger partial charge in [0.15, 0.2) is 11.5 Å². The summed E-state index contributed by atoms with van der Waals surface area (Å²) in [5, 5.41) is 2.93. The summed E-state index contributed by atoms with van der Waals surface area (Å²) >= 11 is 0. The first-order valence-electron chi connectivity index (χ1n) is 10.9. The quantitative estimate of drug-likeness (QED) is 0.211. The molecule has 0 aromatic heterocycles. The molecule has 1 aromatic carbocycles. The van der Waals surface area contributed by atoms with Crippen molar-refractivity contribution >= 4 is 11.9 Å². The summed E-state index contributed by atoms with van der Waals surface area (Å²) in [5.41, 5.74) is 0.892. The van der Waals surface area contributed by atoms with Gasteiger partial charge in [0.2, 0.25) is 5.91 Å². The van der Waals surface area contributed by atoms with Gasteiger partial charge in [-0.05, 0) is 56.0 Å². The van der Waals surface area contributed by atoms with Crippen molar-refractivity contribution in [2.24, 2.45) is 5.92 Å². The third-order valence-corrected chi connectivity index (χ3v) is 4.73. The molecule has 0 spiro atoms. The van der Waals surface area contributed by atoms with Crippen molar-refractivity contribution < 1.29 is 19.1 Å². The molecule has 30 heavy (non-hydrogen) atoms. The number of esters is 1. The number of unbranched alkanes of at least 4 members (excludes halogenated alkanes) is 2. The van der Waals surface area contributed by atoms with Crippen LogP contribution in [0, 0.1) is 5.92 Å². The number of allylic oxidation sites excluding steroid dienone is 2. The van der Waals surface area contributed by atoms with E-state index >= 15 is 0 Å². The number of likely N-dealkylation sites (N-methyl/N-ethyl adjacent to an activating group) is 1. The highest BCUT2D eigenvalue weighted by molar-refractivity contribution is 5.76. The largest absolute Gasteiger partial charge is 0.493 e. The molecule has 0 saturated carbocycles. The molecule has 0 unspecified atom stereocenters. The Labute approximate surface area is 181 Å². The first-order chi connectivity index (χ1) is 14.4. The molecule has 0 aliphatic carbocycles. The van der Waals surface area contributed by atoms with Gasteiger partial charge in [0.05, 0.1) is 13.7 Å². The number of nitrogens with zero attached hydrogens (tertiary/aromatic N) is 1. The zero-order valence-corrected chi connectivity index (χ0v) is 19.2. The fourth-order valence-electron chi connectivity index (χ4n) is 2.90. The van der Waals surface area contributed by atoms with Gasteiger partial charge in [0.1, 0.15) is 0 Å². The molecule has 6 nitrogen and oxygen atoms in total. The molecule has 6 heteroatoms. The van der Waals surface area contributed by atoms with Crippen molar-refractivity contribution in [3.05, 3.63) is 35.9 Å². The minimum absolute atomic E-state index is 0.0385. The van der Waals surface area contributed by atoms with Crippen LogP contribution >= 0.6 is 0 Å². The van der Waals surface area contributed by atoms with Crippen molar-refractivity contribution in [2.75, 3.05) is 26.7 Å². The average Bonchev–Trinajstić information content (AvgIpc) is 2.73. The number of hydrogen-bond acceptors (Lipinski definition) is 5. The second kappa shape index (κ2) is 14.6. The van der Waals surface area contributed by atoms with Crippen molar-refractivity contribution in [3.8, 4) is 11.5 Å². The van der Waals surface area contributed by atoms with Gasteiger partial charge in [-0.2, -0.15) is 0 Å². The lowest BCUT2D eigenvalue weighted by molar-refractivity contribution is -0.135. The van der Waals surface area contributed by atoms with Gasteiger partial charge < -0.3 is 14.8 Å². The Morgan fingerprint density at radius 3 is 2.50 bits per heavy atom. The van der Waals surface area contributed by atoms with E-state index in [-0.39, 0.29) is 18.4 Å². The van der Waals surface area contributed by atoms with E-state index in [4.69, 9.17) is 9.47 Å². The molecule has 0 heterocycles. The Morgan fingerprint density at radius 2 is 1.87 bits per heavy atom. The average molecular weight is 419 g/mol. The summed E-state index contributed by atoms with van der Waals surface area (Å²) in [4.78, 5) is 26.2. The SMILES string of the molecule is CCN(CC)CC(=O)Oc1ccc(CNC(=O)CCCC/C=C/C(C)C)cc1OC. The minimum Gasteiger partial charge on any atom is -0.493 e. The number of carbonyl (C=O) groups is 2. The number of methoxy groups -OCH3 is 1. The van der Waals surface area contributed by atoms with E-state index in [1.54, 1.807) is 12.1 Å². The lowest BCUT2D eigenvalue weighted by Crippen LogP contribution is -2.32. The summed E-state index contributed by atoms with van der Waals surface area (Å²) in [5.74, 6) is 1.16. The maximum atomic E-state index is 12.1. The van der Waals surface area contributed by atoms with Crippen molar-refractivity contribution in [1.29, 1.82) is 0 Å². The van der Waals surface area contributed by atoms with Crippen LogP contribution in [-0.2, 0) is 16.1 Å². The Hall–Kier alpha value is -2.34. The van der Waals surface area contributed by atoms with E-state index < -0.39 is 0 Å². The number of rotatable bonds is 14. The molecular weight excluding hydrogens is 380 g/mol. The highest BCUT2D eigenvalue weighted by Crippen LogP contribution is 2.28. The first kappa shape index (κ1) is 25.7. The van der Waals surface area contributed by atoms with Crippen LogP contribution in [0.1, 0.15) is 58.9 Å². The number of hydrogen-bond donors (Lipinski definition) is 1. The predicted octanol–water partition coefficient (Wildman–Crippen LogP) is 4.33. The maximum Gasteiger partial charge on any atom is 0.325 e. The molecule has 0 bridgehead atoms. The molecule has 0 aliphatic heterocycles. The number of ether oxygens (including phenoxy) is 2. The molecule has 1 rings (SSSR count). The normalized spacial score (nSPS) is 11.3. The summed E-state index contributed by atoms with van der Waals surface area (Å²) in [6.45, 7) is 10.5. The minimum atomic E-state index is -0.318. The Kier molecular flexibility index (Phi) is 12.5. The van der Waals surface area contributed by atoms with Crippen molar-refractivity contribution in [3.63, 3.8) is 0 Å². The van der Waals surface area contributed by atoms with Crippen LogP contribution in [-0.4, -0.2) is 43.5 Å². The van der Waals surface area contributed by atoms with Crippen molar-refractivity contribution in [1.82, 2.24) is 10.2 Å². The molecule has 0 atom stereocenters. The number of nitrogens with one attached hydrogen (secondary N) is 1. The molecular formula is C24H38N2O4. The van der Waals surface area contributed by atoms with E-state index in [2.05, 4.69) is 31.3 Å². The first-order valence-corrected chi connectivity index (χ1v) is 10.9. The van der Waals surface area contributed by atoms with E-state index in [0.29, 0.717) is 30.4 Å². The van der Waals surface area contributed by atoms with Gasteiger partial charge in [-0.25, -0.2) is 0 Å². The Balaban J connectivity index is 2.47. The number of carbonyl (C=O) groups excluding carboxylic acids is 2. The van der Waals surface area contributed by atoms with Gasteiger partial charge in [0.25, 0.3) is 0 Å². The predicted molar refractivity (Wildman–Crippen MR) is 121 cm³/mol. The summed E-state index contributed by atoms with van der Waals surface area (Å²) in [6, 6.07) is 5.33. The standard InChI is InChI=1S/C24H38N2O4/c1-6-26(7-2)18-24(28)30-21-15-14-20(16-22(21)29-5)17-25-23(27)13-11-9-8-10-12-19(3)4/h10,12,14-16,19H,6-9,11,13,17-18H2,1-5H3,(H,25,27)/b12-10+. The molecule has 0 saturated heterocycles. The topological polar surface area (TPSA) is 67.9 Å². The smallest absolute Gasteiger partial charge is 0.325 e. The lowest BCUT2D eigenvalue weighted by Gasteiger charge is -2.17. The van der Waals surface area contributed by atoms with Gasteiger partial charge in [0, 0.05) is 13.0 Å². The molecule has 1 amide bonds. The summed E-state index contributed by atoms with van der Waals surface area (Å²) in [6.07, 6.45) is 7.80. The number of amides is 1. The Bertz CT molecular complexity index is 682. The lowest BCUT2D eigenvalue weighted by atomic mass is 10.1. The van der Waals surface area contributed by atoms with E-state index in [0.717, 1.165) is 37.9 Å². The summed E-state index contributed by atoms with van der Waals surface area (Å²) < 4.78 is 10.8. The molecule has 0 fully saturated rings. The highest BCUT2D eigenvalue weighted by atomic mass is 16.6. The van der Waals surface area contributed by atoms with Crippen LogP contribution in [0.2, 0.25) is 0 Å². The summed E-state index contributed by atoms with van der Waals surface area (Å²) in [7, 11) is 1.53. The fourth-order valence-corrected chi connectivity index (χ4v) is 2.90. The van der Waals surface area contributed by atoms with Crippen LogP contribution < -0.4 is 14.8 Å². The van der Waals surface area contributed by atoms with Crippen LogP contribution in [0.5, 0.6) is 11.5 Å². The molecule has 0 radical (unpaired) electrons. The second-order valence-electron chi connectivity index (χ2n) is 7.62. The molecule has 168 valence electrons. The van der Waals surface area contributed by atoms with Crippen LogP contribution in [0.25, 0.3) is 0 Å². The monoisotopic (exact) mass is 418 g/mol. The van der Waals surface area contributed by atoms with E-state index in [9.17, 15) is 9.59 Å². The fraction of sp³-hybridized carbons (Fsp3) is 0.583. The molecule has 0 aliphatic rings. The van der Waals surface area contributed by atoms with Crippen LogP contribution in [0.3, 0.4) is 0 Å². The zero-order chi connectivity index (χ0) is 22.4. The van der Waals surface area contributed by atoms with E-state index in [1.165, 1.54) is 7.11 Å². The zero-order valence-electron chi connectivity index (χ0n) is 19.2. The van der Waals surface area contributed by atoms with Gasteiger partial charge in [-0.15, -0.1) is 0 Å². The molecule has 1 N–H and O–H groups in total. The van der Waals surface area contributed by atoms with Gasteiger partial charge in [-0.1, -0.05) is 45.9 Å². The van der Waals surface area contributed by atoms with Gasteiger partial charge in [-0.3, -0.25) is 14.5 Å². The number of benzene rings is 1. The van der Waals surface area contributed by atoms with Crippen LogP contribution in [0.4, 0.5) is 0 Å². The third kappa shape index (κ3) is 10.4. The van der Waals surface area contributed by atoms with Crippen molar-refractivity contribution in [2.45, 2.75) is 59.9 Å². The van der Waals surface area contributed by atoms with E-state index in [1.807, 2.05) is 24.8 Å². The van der Waals surface area contributed by atoms with Crippen LogP contribution in [0.15, 0.2) is 30.4 Å². The van der Waals surface area contributed by atoms with Gasteiger partial charge >= 0.3 is 5.97 Å². The maximum absolute atomic E-state index is 12.1. The highest BCUT2D eigenvalue weighted by Gasteiger charge is 2.13.